The summed E-state index contributed by atoms with van der Waals surface area (Å²) in [6.07, 6.45) is 1.30. The largest absolute Gasteiger partial charge is 0.370 e. The van der Waals surface area contributed by atoms with Crippen molar-refractivity contribution >= 4 is 0 Å². The number of benzene rings is 1. The highest BCUT2D eigenvalue weighted by Gasteiger charge is 2.11. The predicted octanol–water partition coefficient (Wildman–Crippen LogP) is 2.67. The Morgan fingerprint density at radius 3 is 2.20 bits per heavy atom. The standard InChI is InChI=1S/C13H21NO/c1-4-11-5-7-12(8-6-11)13(9-14)15-10(2)3/h5-8,10,13H,4,9,14H2,1-3H3. The molecule has 84 valence electrons. The van der Waals surface area contributed by atoms with Gasteiger partial charge in [0.1, 0.15) is 0 Å². The molecular weight excluding hydrogens is 186 g/mol. The zero-order valence-corrected chi connectivity index (χ0v) is 9.86. The monoisotopic (exact) mass is 207 g/mol. The van der Waals surface area contributed by atoms with Crippen LogP contribution in [0.1, 0.15) is 38.0 Å². The van der Waals surface area contributed by atoms with Gasteiger partial charge in [0, 0.05) is 6.54 Å². The molecule has 1 rings (SSSR count). The Morgan fingerprint density at radius 2 is 1.80 bits per heavy atom. The summed E-state index contributed by atoms with van der Waals surface area (Å²) in [5.74, 6) is 0. The van der Waals surface area contributed by atoms with Crippen molar-refractivity contribution in [1.29, 1.82) is 0 Å². The minimum Gasteiger partial charge on any atom is -0.370 e. The molecule has 0 aliphatic carbocycles. The average Bonchev–Trinajstić information content (AvgIpc) is 2.26. The fourth-order valence-corrected chi connectivity index (χ4v) is 1.57. The van der Waals surface area contributed by atoms with E-state index < -0.39 is 0 Å². The highest BCUT2D eigenvalue weighted by atomic mass is 16.5. The molecule has 0 heterocycles. The average molecular weight is 207 g/mol. The van der Waals surface area contributed by atoms with E-state index in [4.69, 9.17) is 10.5 Å². The minimum atomic E-state index is 0.0240. The van der Waals surface area contributed by atoms with Crippen LogP contribution in [0.5, 0.6) is 0 Å². The molecule has 0 saturated carbocycles. The lowest BCUT2D eigenvalue weighted by atomic mass is 10.1. The van der Waals surface area contributed by atoms with E-state index in [1.807, 2.05) is 13.8 Å². The first kappa shape index (κ1) is 12.2. The van der Waals surface area contributed by atoms with Gasteiger partial charge < -0.3 is 10.5 Å². The summed E-state index contributed by atoms with van der Waals surface area (Å²) in [7, 11) is 0. The molecule has 1 aromatic rings. The van der Waals surface area contributed by atoms with E-state index in [0.717, 1.165) is 6.42 Å². The van der Waals surface area contributed by atoms with Crippen LogP contribution in [0.4, 0.5) is 0 Å². The quantitative estimate of drug-likeness (QED) is 0.805. The molecular formula is C13H21NO. The predicted molar refractivity (Wildman–Crippen MR) is 63.8 cm³/mol. The van der Waals surface area contributed by atoms with E-state index in [0.29, 0.717) is 6.54 Å². The van der Waals surface area contributed by atoms with Crippen molar-refractivity contribution in [3.8, 4) is 0 Å². The van der Waals surface area contributed by atoms with Gasteiger partial charge in [0.2, 0.25) is 0 Å². The third-order valence-corrected chi connectivity index (χ3v) is 2.41. The molecule has 0 fully saturated rings. The van der Waals surface area contributed by atoms with E-state index >= 15 is 0 Å². The summed E-state index contributed by atoms with van der Waals surface area (Å²) in [6, 6.07) is 8.50. The van der Waals surface area contributed by atoms with Gasteiger partial charge >= 0.3 is 0 Å². The van der Waals surface area contributed by atoms with E-state index in [2.05, 4.69) is 31.2 Å². The third-order valence-electron chi connectivity index (χ3n) is 2.41. The fourth-order valence-electron chi connectivity index (χ4n) is 1.57. The number of rotatable bonds is 5. The fraction of sp³-hybridized carbons (Fsp3) is 0.538. The SMILES string of the molecule is CCc1ccc(C(CN)OC(C)C)cc1. The number of nitrogens with two attached hydrogens (primary N) is 1. The van der Waals surface area contributed by atoms with Crippen LogP contribution in [0.3, 0.4) is 0 Å². The van der Waals surface area contributed by atoms with Crippen LogP contribution in [0, 0.1) is 0 Å². The second-order valence-electron chi connectivity index (χ2n) is 4.00. The van der Waals surface area contributed by atoms with Crippen LogP contribution in [0.25, 0.3) is 0 Å². The zero-order valence-electron chi connectivity index (χ0n) is 9.86. The Balaban J connectivity index is 2.74. The molecule has 2 N–H and O–H groups in total. The second-order valence-corrected chi connectivity index (χ2v) is 4.00. The number of ether oxygens (including phenoxy) is 1. The van der Waals surface area contributed by atoms with Crippen molar-refractivity contribution in [2.45, 2.75) is 39.4 Å². The molecule has 15 heavy (non-hydrogen) atoms. The smallest absolute Gasteiger partial charge is 0.0950 e. The van der Waals surface area contributed by atoms with Crippen LogP contribution in [-0.2, 0) is 11.2 Å². The van der Waals surface area contributed by atoms with Crippen LogP contribution in [0.15, 0.2) is 24.3 Å². The Hall–Kier alpha value is -0.860. The Bertz CT molecular complexity index is 279. The van der Waals surface area contributed by atoms with Crippen molar-refractivity contribution in [3.63, 3.8) is 0 Å². The lowest BCUT2D eigenvalue weighted by molar-refractivity contribution is 0.0119. The molecule has 1 atom stereocenters. The normalized spacial score (nSPS) is 13.1. The van der Waals surface area contributed by atoms with Crippen molar-refractivity contribution in [3.05, 3.63) is 35.4 Å². The van der Waals surface area contributed by atoms with E-state index in [9.17, 15) is 0 Å². The van der Waals surface area contributed by atoms with Gasteiger partial charge in [-0.15, -0.1) is 0 Å². The maximum atomic E-state index is 5.73. The summed E-state index contributed by atoms with van der Waals surface area (Å²) < 4.78 is 5.73. The molecule has 0 spiro atoms. The summed E-state index contributed by atoms with van der Waals surface area (Å²) >= 11 is 0. The molecule has 2 nitrogen and oxygen atoms in total. The highest BCUT2D eigenvalue weighted by Crippen LogP contribution is 2.18. The molecule has 1 aromatic carbocycles. The van der Waals surface area contributed by atoms with Gasteiger partial charge in [-0.1, -0.05) is 31.2 Å². The Kier molecular flexibility index (Phi) is 4.79. The van der Waals surface area contributed by atoms with Crippen LogP contribution in [-0.4, -0.2) is 12.6 Å². The Labute approximate surface area is 92.4 Å². The molecule has 0 bridgehead atoms. The topological polar surface area (TPSA) is 35.2 Å². The molecule has 0 radical (unpaired) electrons. The summed E-state index contributed by atoms with van der Waals surface area (Å²) in [4.78, 5) is 0. The summed E-state index contributed by atoms with van der Waals surface area (Å²) in [6.45, 7) is 6.75. The molecule has 0 saturated heterocycles. The highest BCUT2D eigenvalue weighted by molar-refractivity contribution is 5.24. The number of hydrogen-bond acceptors (Lipinski definition) is 2. The lowest BCUT2D eigenvalue weighted by Gasteiger charge is -2.19. The molecule has 1 unspecified atom stereocenters. The maximum Gasteiger partial charge on any atom is 0.0950 e. The lowest BCUT2D eigenvalue weighted by Crippen LogP contribution is -2.19. The van der Waals surface area contributed by atoms with Gasteiger partial charge in [-0.25, -0.2) is 0 Å². The third kappa shape index (κ3) is 3.65. The molecule has 0 amide bonds. The van der Waals surface area contributed by atoms with Gasteiger partial charge in [-0.05, 0) is 31.4 Å². The van der Waals surface area contributed by atoms with Crippen LogP contribution >= 0.6 is 0 Å². The second kappa shape index (κ2) is 5.89. The van der Waals surface area contributed by atoms with E-state index in [1.165, 1.54) is 11.1 Å². The summed E-state index contributed by atoms with van der Waals surface area (Å²) in [5, 5.41) is 0. The van der Waals surface area contributed by atoms with Crippen LogP contribution < -0.4 is 5.73 Å². The van der Waals surface area contributed by atoms with Gasteiger partial charge in [-0.2, -0.15) is 0 Å². The van der Waals surface area contributed by atoms with Crippen molar-refractivity contribution < 1.29 is 4.74 Å². The van der Waals surface area contributed by atoms with Gasteiger partial charge in [0.15, 0.2) is 0 Å². The van der Waals surface area contributed by atoms with Gasteiger partial charge in [0.25, 0.3) is 0 Å². The Morgan fingerprint density at radius 1 is 1.20 bits per heavy atom. The number of hydrogen-bond donors (Lipinski definition) is 1. The maximum absolute atomic E-state index is 5.73. The first-order valence-electron chi connectivity index (χ1n) is 5.61. The molecule has 0 aromatic heterocycles. The molecule has 0 aliphatic rings. The van der Waals surface area contributed by atoms with Gasteiger partial charge in [-0.3, -0.25) is 0 Å². The molecule has 0 aliphatic heterocycles. The van der Waals surface area contributed by atoms with E-state index in [-0.39, 0.29) is 12.2 Å². The first-order chi connectivity index (χ1) is 7.17. The van der Waals surface area contributed by atoms with Crippen molar-refractivity contribution in [2.75, 3.05) is 6.54 Å². The molecule has 2 heteroatoms. The van der Waals surface area contributed by atoms with Crippen molar-refractivity contribution in [2.24, 2.45) is 5.73 Å². The zero-order chi connectivity index (χ0) is 11.3. The van der Waals surface area contributed by atoms with Crippen molar-refractivity contribution in [1.82, 2.24) is 0 Å². The number of aryl methyl sites for hydroxylation is 1. The van der Waals surface area contributed by atoms with Gasteiger partial charge in [0.05, 0.1) is 12.2 Å². The first-order valence-corrected chi connectivity index (χ1v) is 5.61. The summed E-state index contributed by atoms with van der Waals surface area (Å²) in [5.41, 5.74) is 8.21. The van der Waals surface area contributed by atoms with Crippen LogP contribution in [0.2, 0.25) is 0 Å². The van der Waals surface area contributed by atoms with E-state index in [1.54, 1.807) is 0 Å². The minimum absolute atomic E-state index is 0.0240.